The second-order valence-electron chi connectivity index (χ2n) is 3.67. The number of aliphatic hydroxyl groups excluding tert-OH is 1. The smallest absolute Gasteiger partial charge is 0.0627 e. The summed E-state index contributed by atoms with van der Waals surface area (Å²) in [6.45, 7) is 8.46. The zero-order valence-electron chi connectivity index (χ0n) is 8.71. The molecule has 0 aliphatic heterocycles. The van der Waals surface area contributed by atoms with E-state index in [-0.39, 0.29) is 6.10 Å². The number of hydrogen-bond donors (Lipinski definition) is 1. The Bertz CT molecular complexity index is 104. The Morgan fingerprint density at radius 1 is 1.25 bits per heavy atom. The first kappa shape index (κ1) is 12.3. The summed E-state index contributed by atoms with van der Waals surface area (Å²) in [4.78, 5) is 0. The molecule has 0 aromatic rings. The molecule has 3 unspecified atom stereocenters. The summed E-state index contributed by atoms with van der Waals surface area (Å²) in [5.74, 6) is 1.97. The Kier molecular flexibility index (Phi) is 6.96. The third kappa shape index (κ3) is 5.90. The monoisotopic (exact) mass is 190 g/mol. The van der Waals surface area contributed by atoms with Gasteiger partial charge in [0, 0.05) is 5.25 Å². The molecular formula is C10H22OS. The van der Waals surface area contributed by atoms with Gasteiger partial charge < -0.3 is 5.11 Å². The summed E-state index contributed by atoms with van der Waals surface area (Å²) < 4.78 is 0. The van der Waals surface area contributed by atoms with Crippen molar-refractivity contribution in [3.8, 4) is 0 Å². The third-order valence-electron chi connectivity index (χ3n) is 2.10. The van der Waals surface area contributed by atoms with Gasteiger partial charge in [-0.3, -0.25) is 0 Å². The van der Waals surface area contributed by atoms with Crippen LogP contribution in [0.1, 0.15) is 40.5 Å². The highest BCUT2D eigenvalue weighted by molar-refractivity contribution is 7.99. The largest absolute Gasteiger partial charge is 0.392 e. The number of rotatable bonds is 6. The Labute approximate surface area is 80.9 Å². The molecule has 1 nitrogen and oxygen atoms in total. The van der Waals surface area contributed by atoms with Gasteiger partial charge in [-0.05, 0) is 18.6 Å². The third-order valence-corrected chi connectivity index (χ3v) is 3.79. The van der Waals surface area contributed by atoms with E-state index in [9.17, 15) is 5.11 Å². The van der Waals surface area contributed by atoms with Crippen molar-refractivity contribution in [2.75, 3.05) is 5.75 Å². The molecule has 0 bridgehead atoms. The molecule has 0 heterocycles. The van der Waals surface area contributed by atoms with Crippen LogP contribution in [0.25, 0.3) is 0 Å². The molecule has 0 saturated heterocycles. The van der Waals surface area contributed by atoms with Gasteiger partial charge in [0.25, 0.3) is 0 Å². The first-order chi connectivity index (χ1) is 5.57. The van der Waals surface area contributed by atoms with E-state index in [2.05, 4.69) is 20.8 Å². The number of aliphatic hydroxyl groups is 1. The molecule has 0 aromatic heterocycles. The molecule has 74 valence electrons. The maximum absolute atomic E-state index is 9.24. The molecular weight excluding hydrogens is 168 g/mol. The summed E-state index contributed by atoms with van der Waals surface area (Å²) in [5, 5.41) is 9.62. The van der Waals surface area contributed by atoms with Gasteiger partial charge in [-0.1, -0.05) is 33.6 Å². The summed E-state index contributed by atoms with van der Waals surface area (Å²) in [6.07, 6.45) is 2.40. The van der Waals surface area contributed by atoms with Crippen molar-refractivity contribution in [3.05, 3.63) is 0 Å². The van der Waals surface area contributed by atoms with Crippen molar-refractivity contribution in [1.82, 2.24) is 0 Å². The number of thioether (sulfide) groups is 1. The highest BCUT2D eigenvalue weighted by Crippen LogP contribution is 2.19. The number of hydrogen-bond acceptors (Lipinski definition) is 2. The van der Waals surface area contributed by atoms with E-state index in [4.69, 9.17) is 0 Å². The Morgan fingerprint density at radius 3 is 2.25 bits per heavy atom. The highest BCUT2D eigenvalue weighted by atomic mass is 32.2. The van der Waals surface area contributed by atoms with Crippen LogP contribution < -0.4 is 0 Å². The van der Waals surface area contributed by atoms with Crippen molar-refractivity contribution < 1.29 is 5.11 Å². The molecule has 0 aliphatic carbocycles. The highest BCUT2D eigenvalue weighted by Gasteiger charge is 2.10. The van der Waals surface area contributed by atoms with Crippen LogP contribution in [0.5, 0.6) is 0 Å². The van der Waals surface area contributed by atoms with E-state index in [1.807, 2.05) is 18.7 Å². The first-order valence-electron chi connectivity index (χ1n) is 4.87. The fourth-order valence-corrected chi connectivity index (χ4v) is 2.11. The van der Waals surface area contributed by atoms with Crippen LogP contribution in [0.4, 0.5) is 0 Å². The average Bonchev–Trinajstić information content (AvgIpc) is 2.00. The molecule has 3 atom stereocenters. The van der Waals surface area contributed by atoms with Gasteiger partial charge in [0.1, 0.15) is 0 Å². The van der Waals surface area contributed by atoms with Crippen LogP contribution in [0, 0.1) is 5.92 Å². The van der Waals surface area contributed by atoms with E-state index in [1.54, 1.807) is 0 Å². The van der Waals surface area contributed by atoms with Crippen molar-refractivity contribution >= 4 is 11.8 Å². The molecule has 2 heteroatoms. The minimum absolute atomic E-state index is 0.177. The van der Waals surface area contributed by atoms with E-state index in [0.717, 1.165) is 5.92 Å². The molecule has 0 amide bonds. The molecule has 0 aromatic carbocycles. The fourth-order valence-electron chi connectivity index (χ4n) is 1.03. The van der Waals surface area contributed by atoms with Crippen LogP contribution in [-0.2, 0) is 0 Å². The lowest BCUT2D eigenvalue weighted by Crippen LogP contribution is -2.16. The first-order valence-corrected chi connectivity index (χ1v) is 5.92. The maximum Gasteiger partial charge on any atom is 0.0627 e. The topological polar surface area (TPSA) is 20.2 Å². The lowest BCUT2D eigenvalue weighted by atomic mass is 10.1. The van der Waals surface area contributed by atoms with Crippen molar-refractivity contribution in [2.24, 2.45) is 5.92 Å². The quantitative estimate of drug-likeness (QED) is 0.695. The van der Waals surface area contributed by atoms with Crippen LogP contribution in [-0.4, -0.2) is 22.2 Å². The van der Waals surface area contributed by atoms with Gasteiger partial charge >= 0.3 is 0 Å². The second-order valence-corrected chi connectivity index (χ2v) is 5.08. The Morgan fingerprint density at radius 2 is 1.83 bits per heavy atom. The van der Waals surface area contributed by atoms with Crippen LogP contribution >= 0.6 is 11.8 Å². The van der Waals surface area contributed by atoms with E-state index in [0.29, 0.717) is 5.25 Å². The van der Waals surface area contributed by atoms with Gasteiger partial charge in [0.2, 0.25) is 0 Å². The summed E-state index contributed by atoms with van der Waals surface area (Å²) in [7, 11) is 0. The summed E-state index contributed by atoms with van der Waals surface area (Å²) >= 11 is 1.88. The van der Waals surface area contributed by atoms with Gasteiger partial charge in [-0.15, -0.1) is 0 Å². The lowest BCUT2D eigenvalue weighted by molar-refractivity contribution is 0.196. The van der Waals surface area contributed by atoms with Crippen molar-refractivity contribution in [1.29, 1.82) is 0 Å². The van der Waals surface area contributed by atoms with Crippen LogP contribution in [0.2, 0.25) is 0 Å². The van der Waals surface area contributed by atoms with Crippen molar-refractivity contribution in [3.63, 3.8) is 0 Å². The second kappa shape index (κ2) is 6.79. The predicted molar refractivity (Wildman–Crippen MR) is 57.7 cm³/mol. The zero-order chi connectivity index (χ0) is 9.56. The molecule has 0 saturated carbocycles. The Balaban J connectivity index is 3.40. The van der Waals surface area contributed by atoms with Gasteiger partial charge in [0.15, 0.2) is 0 Å². The standard InChI is InChI=1S/C10H22OS/c1-5-6-8(2)7-12-10(4)9(3)11/h8-11H,5-7H2,1-4H3. The summed E-state index contributed by atoms with van der Waals surface area (Å²) in [6, 6.07) is 0. The molecule has 0 aliphatic rings. The minimum Gasteiger partial charge on any atom is -0.392 e. The van der Waals surface area contributed by atoms with Crippen LogP contribution in [0.15, 0.2) is 0 Å². The molecule has 1 N–H and O–H groups in total. The minimum atomic E-state index is -0.177. The molecule has 0 fully saturated rings. The average molecular weight is 190 g/mol. The van der Waals surface area contributed by atoms with Gasteiger partial charge in [0.05, 0.1) is 6.10 Å². The zero-order valence-corrected chi connectivity index (χ0v) is 9.53. The molecule has 0 rings (SSSR count). The van der Waals surface area contributed by atoms with Gasteiger partial charge in [-0.2, -0.15) is 11.8 Å². The SMILES string of the molecule is CCCC(C)CSC(C)C(C)O. The van der Waals surface area contributed by atoms with Crippen LogP contribution in [0.3, 0.4) is 0 Å². The lowest BCUT2D eigenvalue weighted by Gasteiger charge is -2.16. The van der Waals surface area contributed by atoms with E-state index >= 15 is 0 Å². The van der Waals surface area contributed by atoms with Gasteiger partial charge in [-0.25, -0.2) is 0 Å². The van der Waals surface area contributed by atoms with Crippen molar-refractivity contribution in [2.45, 2.75) is 51.9 Å². The predicted octanol–water partition coefficient (Wildman–Crippen LogP) is 2.93. The maximum atomic E-state index is 9.24. The Hall–Kier alpha value is 0.310. The fraction of sp³-hybridized carbons (Fsp3) is 1.00. The molecule has 0 radical (unpaired) electrons. The van der Waals surface area contributed by atoms with E-state index in [1.165, 1.54) is 18.6 Å². The molecule has 12 heavy (non-hydrogen) atoms. The van der Waals surface area contributed by atoms with E-state index < -0.39 is 0 Å². The molecule has 0 spiro atoms. The summed E-state index contributed by atoms with van der Waals surface area (Å²) in [5.41, 5.74) is 0. The normalized spacial score (nSPS) is 18.8.